The number of hydrogen-bond acceptors (Lipinski definition) is 3. The molecule has 0 atom stereocenters. The van der Waals surface area contributed by atoms with Crippen molar-refractivity contribution in [2.45, 2.75) is 32.8 Å². The molecule has 3 rings (SSSR count). The van der Waals surface area contributed by atoms with Gasteiger partial charge in [-0.05, 0) is 31.0 Å². The maximum Gasteiger partial charge on any atom is 0.213 e. The second-order valence-electron chi connectivity index (χ2n) is 5.99. The average Bonchev–Trinajstić information content (AvgIpc) is 2.96. The van der Waals surface area contributed by atoms with Gasteiger partial charge in [-0.1, -0.05) is 24.3 Å². The Morgan fingerprint density at radius 1 is 1.22 bits per heavy atom. The van der Waals surface area contributed by atoms with E-state index in [0.29, 0.717) is 5.88 Å². The molecule has 0 amide bonds. The smallest absolute Gasteiger partial charge is 0.213 e. The van der Waals surface area contributed by atoms with Crippen molar-refractivity contribution in [2.75, 3.05) is 13.6 Å². The summed E-state index contributed by atoms with van der Waals surface area (Å²) < 4.78 is 6.07. The van der Waals surface area contributed by atoms with E-state index in [9.17, 15) is 0 Å². The highest BCUT2D eigenvalue weighted by Gasteiger charge is 2.22. The molecule has 0 saturated carbocycles. The van der Waals surface area contributed by atoms with Crippen LogP contribution in [-0.4, -0.2) is 35.9 Å². The zero-order chi connectivity index (χ0) is 16.2. The number of ether oxygens (including phenoxy) is 1. The van der Waals surface area contributed by atoms with Crippen molar-refractivity contribution < 1.29 is 4.74 Å². The molecule has 1 aromatic carbocycles. The molecule has 0 bridgehead atoms. The van der Waals surface area contributed by atoms with E-state index in [0.717, 1.165) is 30.8 Å². The highest BCUT2D eigenvalue weighted by Crippen LogP contribution is 2.26. The topological polar surface area (TPSA) is 37.7 Å². The molecule has 1 aromatic heterocycles. The van der Waals surface area contributed by atoms with Crippen molar-refractivity contribution >= 4 is 12.0 Å². The van der Waals surface area contributed by atoms with Crippen LogP contribution in [0, 0.1) is 6.92 Å². The normalized spacial score (nSPS) is 14.2. The minimum Gasteiger partial charge on any atom is -0.474 e. The second kappa shape index (κ2) is 6.82. The van der Waals surface area contributed by atoms with Gasteiger partial charge in [0.2, 0.25) is 5.88 Å². The predicted octanol–water partition coefficient (Wildman–Crippen LogP) is 3.55. The van der Waals surface area contributed by atoms with Gasteiger partial charge in [-0.15, -0.1) is 0 Å². The Labute approximate surface area is 137 Å². The van der Waals surface area contributed by atoms with Gasteiger partial charge in [-0.2, -0.15) is 0 Å². The van der Waals surface area contributed by atoms with Crippen LogP contribution in [0.5, 0.6) is 5.88 Å². The number of pyridine rings is 1. The van der Waals surface area contributed by atoms with E-state index in [1.165, 1.54) is 11.1 Å². The largest absolute Gasteiger partial charge is 0.474 e. The molecule has 23 heavy (non-hydrogen) atoms. The lowest BCUT2D eigenvalue weighted by atomic mass is 10.1. The first kappa shape index (κ1) is 15.5. The molecule has 0 N–H and O–H groups in total. The molecule has 0 spiro atoms. The van der Waals surface area contributed by atoms with Gasteiger partial charge in [-0.25, -0.2) is 9.98 Å². The Morgan fingerprint density at radius 2 is 1.91 bits per heavy atom. The van der Waals surface area contributed by atoms with Crippen LogP contribution in [0.1, 0.15) is 23.7 Å². The summed E-state index contributed by atoms with van der Waals surface area (Å²) in [5.74, 6) is 0.683. The van der Waals surface area contributed by atoms with E-state index in [4.69, 9.17) is 4.74 Å². The van der Waals surface area contributed by atoms with Gasteiger partial charge in [0.25, 0.3) is 0 Å². The number of rotatable bonds is 5. The van der Waals surface area contributed by atoms with Crippen LogP contribution in [0.2, 0.25) is 0 Å². The minimum absolute atomic E-state index is 0.180. The van der Waals surface area contributed by atoms with E-state index in [-0.39, 0.29) is 6.10 Å². The summed E-state index contributed by atoms with van der Waals surface area (Å²) in [5.41, 5.74) is 4.54. The van der Waals surface area contributed by atoms with Gasteiger partial charge in [0.15, 0.2) is 0 Å². The van der Waals surface area contributed by atoms with Gasteiger partial charge in [0.05, 0.1) is 17.7 Å². The molecule has 120 valence electrons. The molecular weight excluding hydrogens is 286 g/mol. The molecule has 1 aliphatic carbocycles. The predicted molar refractivity (Wildman–Crippen MR) is 93.7 cm³/mol. The first-order chi connectivity index (χ1) is 11.2. The zero-order valence-corrected chi connectivity index (χ0v) is 14.0. The average molecular weight is 309 g/mol. The van der Waals surface area contributed by atoms with Crippen molar-refractivity contribution in [1.29, 1.82) is 0 Å². The van der Waals surface area contributed by atoms with Gasteiger partial charge in [0, 0.05) is 32.5 Å². The van der Waals surface area contributed by atoms with E-state index in [1.807, 2.05) is 37.3 Å². The number of aliphatic imine (C=N–C) groups is 1. The van der Waals surface area contributed by atoms with Gasteiger partial charge < -0.3 is 9.64 Å². The van der Waals surface area contributed by atoms with Crippen LogP contribution in [0.15, 0.2) is 41.4 Å². The van der Waals surface area contributed by atoms with Crippen molar-refractivity contribution in [2.24, 2.45) is 4.99 Å². The number of benzene rings is 1. The number of fused-ring (bicyclic) bond motifs is 1. The highest BCUT2D eigenvalue weighted by atomic mass is 16.5. The summed E-state index contributed by atoms with van der Waals surface area (Å²) in [5, 5.41) is 0. The summed E-state index contributed by atoms with van der Waals surface area (Å²) in [4.78, 5) is 11.0. The van der Waals surface area contributed by atoms with Crippen LogP contribution in [0.3, 0.4) is 0 Å². The summed E-state index contributed by atoms with van der Waals surface area (Å²) in [6, 6.07) is 12.4. The van der Waals surface area contributed by atoms with E-state index in [2.05, 4.69) is 41.2 Å². The lowest BCUT2D eigenvalue weighted by Crippen LogP contribution is -2.17. The maximum absolute atomic E-state index is 6.07. The van der Waals surface area contributed by atoms with E-state index in [1.54, 1.807) is 0 Å². The van der Waals surface area contributed by atoms with E-state index >= 15 is 0 Å². The van der Waals surface area contributed by atoms with Crippen LogP contribution in [-0.2, 0) is 12.8 Å². The Bertz CT molecular complexity index is 687. The molecule has 1 aliphatic rings. The Hall–Kier alpha value is -2.36. The summed E-state index contributed by atoms with van der Waals surface area (Å²) in [7, 11) is 2.00. The molecule has 2 aromatic rings. The van der Waals surface area contributed by atoms with Crippen LogP contribution < -0.4 is 4.74 Å². The molecule has 4 heteroatoms. The summed E-state index contributed by atoms with van der Waals surface area (Å²) >= 11 is 0. The molecule has 0 unspecified atom stereocenters. The minimum atomic E-state index is 0.180. The quantitative estimate of drug-likeness (QED) is 0.626. The van der Waals surface area contributed by atoms with Crippen molar-refractivity contribution in [3.63, 3.8) is 0 Å². The molecule has 0 radical (unpaired) electrons. The first-order valence-corrected chi connectivity index (χ1v) is 8.11. The number of aromatic nitrogens is 1. The van der Waals surface area contributed by atoms with Crippen LogP contribution >= 0.6 is 0 Å². The molecule has 0 saturated heterocycles. The number of nitrogens with zero attached hydrogens (tertiary/aromatic N) is 3. The SMILES string of the molecule is CCN(C)/C=N/c1ccc(OC2Cc3ccccc3C2)nc1C. The standard InChI is InChI=1S/C19H23N3O/c1-4-22(3)13-20-18-9-10-19(21-14(18)2)23-17-11-15-7-5-6-8-16(15)12-17/h5-10,13,17H,4,11-12H2,1-3H3/b20-13+. The third-order valence-electron chi connectivity index (χ3n) is 4.23. The Kier molecular flexibility index (Phi) is 4.60. The molecule has 0 aliphatic heterocycles. The lowest BCUT2D eigenvalue weighted by Gasteiger charge is -2.13. The van der Waals surface area contributed by atoms with Crippen molar-refractivity contribution in [3.8, 4) is 5.88 Å². The van der Waals surface area contributed by atoms with Gasteiger partial charge in [-0.3, -0.25) is 0 Å². The highest BCUT2D eigenvalue weighted by molar-refractivity contribution is 5.62. The third kappa shape index (κ3) is 3.70. The van der Waals surface area contributed by atoms with Crippen molar-refractivity contribution in [3.05, 3.63) is 53.2 Å². The lowest BCUT2D eigenvalue weighted by molar-refractivity contribution is 0.205. The summed E-state index contributed by atoms with van der Waals surface area (Å²) in [6.07, 6.45) is 3.92. The first-order valence-electron chi connectivity index (χ1n) is 8.11. The number of aryl methyl sites for hydroxylation is 1. The van der Waals surface area contributed by atoms with E-state index < -0.39 is 0 Å². The Morgan fingerprint density at radius 3 is 2.52 bits per heavy atom. The molecule has 0 fully saturated rings. The fraction of sp³-hybridized carbons (Fsp3) is 0.368. The summed E-state index contributed by atoms with van der Waals surface area (Å²) in [6.45, 7) is 4.99. The van der Waals surface area contributed by atoms with Crippen molar-refractivity contribution in [1.82, 2.24) is 9.88 Å². The van der Waals surface area contributed by atoms with Crippen LogP contribution in [0.25, 0.3) is 0 Å². The van der Waals surface area contributed by atoms with Crippen LogP contribution in [0.4, 0.5) is 5.69 Å². The molecular formula is C19H23N3O. The second-order valence-corrected chi connectivity index (χ2v) is 5.99. The number of hydrogen-bond donors (Lipinski definition) is 0. The van der Waals surface area contributed by atoms with Gasteiger partial charge in [0.1, 0.15) is 6.10 Å². The third-order valence-corrected chi connectivity index (χ3v) is 4.23. The fourth-order valence-electron chi connectivity index (χ4n) is 2.75. The molecule has 4 nitrogen and oxygen atoms in total. The monoisotopic (exact) mass is 309 g/mol. The maximum atomic E-state index is 6.07. The molecule has 1 heterocycles. The Balaban J connectivity index is 1.66. The van der Waals surface area contributed by atoms with Gasteiger partial charge >= 0.3 is 0 Å². The fourth-order valence-corrected chi connectivity index (χ4v) is 2.75. The zero-order valence-electron chi connectivity index (χ0n) is 14.0.